The van der Waals surface area contributed by atoms with Gasteiger partial charge in [0.05, 0.1) is 17.8 Å². The number of carbonyl (C=O) groups excluding carboxylic acids is 2. The van der Waals surface area contributed by atoms with E-state index in [2.05, 4.69) is 25.6 Å². The van der Waals surface area contributed by atoms with Crippen LogP contribution in [0, 0.1) is 0 Å². The molecule has 4 aromatic rings. The first-order chi connectivity index (χ1) is 16.7. The molecule has 1 saturated heterocycles. The van der Waals surface area contributed by atoms with Crippen molar-refractivity contribution in [2.24, 2.45) is 0 Å². The summed E-state index contributed by atoms with van der Waals surface area (Å²) in [6, 6.07) is 15.2. The summed E-state index contributed by atoms with van der Waals surface area (Å²) in [5, 5.41) is 7.61. The van der Waals surface area contributed by atoms with Crippen LogP contribution >= 0.6 is 24.8 Å². The smallest absolute Gasteiger partial charge is 0.241 e. The molecule has 8 nitrogen and oxygen atoms in total. The number of fused-ring (bicyclic) bond motifs is 1. The number of hydrogen-bond acceptors (Lipinski definition) is 6. The molecule has 0 saturated carbocycles. The van der Waals surface area contributed by atoms with Gasteiger partial charge in [-0.15, -0.1) is 24.8 Å². The molecule has 3 aromatic heterocycles. The van der Waals surface area contributed by atoms with E-state index in [-0.39, 0.29) is 43.0 Å². The highest BCUT2D eigenvalue weighted by Crippen LogP contribution is 2.21. The summed E-state index contributed by atoms with van der Waals surface area (Å²) in [4.78, 5) is 39.4. The Morgan fingerprint density at radius 1 is 1.03 bits per heavy atom. The van der Waals surface area contributed by atoms with Crippen LogP contribution in [0.2, 0.25) is 0 Å². The van der Waals surface area contributed by atoms with Crippen molar-refractivity contribution in [3.63, 3.8) is 0 Å². The van der Waals surface area contributed by atoms with Gasteiger partial charge in [-0.3, -0.25) is 14.6 Å². The highest BCUT2D eigenvalue weighted by Gasteiger charge is 2.23. The van der Waals surface area contributed by atoms with E-state index in [4.69, 9.17) is 0 Å². The van der Waals surface area contributed by atoms with Crippen molar-refractivity contribution in [3.8, 4) is 0 Å². The second-order valence-electron chi connectivity index (χ2n) is 8.40. The fourth-order valence-corrected chi connectivity index (χ4v) is 4.30. The Hall–Kier alpha value is -3.62. The standard InChI is InChI=1S/C26H26N6O2.2ClH/c33-24(32-13-8-20(9-14-32)31-21-3-1-10-27-16-21)17-30-26-22(4-2-11-29-26)25(34)19-6-5-18-7-12-28-23(18)15-19;;/h1-7,10-12,15-16,20,28,31H,8-9,13-14,17H2,(H,29,30);2*1H. The summed E-state index contributed by atoms with van der Waals surface area (Å²) in [5.41, 5.74) is 2.92. The van der Waals surface area contributed by atoms with E-state index in [0.717, 1.165) is 29.4 Å². The number of carbonyl (C=O) groups is 2. The van der Waals surface area contributed by atoms with Crippen LogP contribution in [-0.4, -0.2) is 57.2 Å². The minimum atomic E-state index is -0.137. The number of rotatable bonds is 7. The van der Waals surface area contributed by atoms with Crippen LogP contribution in [0.5, 0.6) is 0 Å². The largest absolute Gasteiger partial charge is 0.381 e. The van der Waals surface area contributed by atoms with Crippen molar-refractivity contribution in [1.29, 1.82) is 0 Å². The van der Waals surface area contributed by atoms with E-state index in [1.165, 1.54) is 0 Å². The van der Waals surface area contributed by atoms with Crippen molar-refractivity contribution in [2.45, 2.75) is 18.9 Å². The Morgan fingerprint density at radius 3 is 2.61 bits per heavy atom. The molecule has 1 aliphatic heterocycles. The van der Waals surface area contributed by atoms with Crippen molar-refractivity contribution in [3.05, 3.63) is 84.4 Å². The van der Waals surface area contributed by atoms with Crippen molar-refractivity contribution >= 4 is 58.9 Å². The molecule has 0 spiro atoms. The van der Waals surface area contributed by atoms with Crippen molar-refractivity contribution < 1.29 is 9.59 Å². The molecule has 0 aliphatic carbocycles. The van der Waals surface area contributed by atoms with Crippen molar-refractivity contribution in [1.82, 2.24) is 19.9 Å². The van der Waals surface area contributed by atoms with E-state index in [1.807, 2.05) is 53.7 Å². The SMILES string of the molecule is Cl.Cl.O=C(c1ccc2cc[nH]c2c1)c1cccnc1NCC(=O)N1CCC(Nc2cccnc2)CC1. The summed E-state index contributed by atoms with van der Waals surface area (Å²) >= 11 is 0. The fourth-order valence-electron chi connectivity index (χ4n) is 4.30. The number of pyridine rings is 2. The highest BCUT2D eigenvalue weighted by molar-refractivity contribution is 6.13. The number of amides is 1. The second-order valence-corrected chi connectivity index (χ2v) is 8.40. The predicted octanol–water partition coefficient (Wildman–Crippen LogP) is 4.55. The van der Waals surface area contributed by atoms with E-state index in [1.54, 1.807) is 24.5 Å². The number of hydrogen-bond donors (Lipinski definition) is 3. The Kier molecular flexibility index (Phi) is 9.27. The summed E-state index contributed by atoms with van der Waals surface area (Å²) in [7, 11) is 0. The van der Waals surface area contributed by atoms with Crippen LogP contribution in [0.1, 0.15) is 28.8 Å². The van der Waals surface area contributed by atoms with Gasteiger partial charge in [-0.05, 0) is 54.6 Å². The van der Waals surface area contributed by atoms with Gasteiger partial charge in [0.15, 0.2) is 5.78 Å². The second kappa shape index (κ2) is 12.4. The van der Waals surface area contributed by atoms with Gasteiger partial charge >= 0.3 is 0 Å². The first-order valence-corrected chi connectivity index (χ1v) is 11.4. The van der Waals surface area contributed by atoms with Gasteiger partial charge in [0.1, 0.15) is 5.82 Å². The average molecular weight is 527 g/mol. The Labute approximate surface area is 221 Å². The molecular formula is C26H28Cl2N6O2. The van der Waals surface area contributed by atoms with Gasteiger partial charge in [0, 0.05) is 55.0 Å². The van der Waals surface area contributed by atoms with Gasteiger partial charge in [-0.25, -0.2) is 4.98 Å². The van der Waals surface area contributed by atoms with Crippen molar-refractivity contribution in [2.75, 3.05) is 30.3 Å². The third-order valence-corrected chi connectivity index (χ3v) is 6.16. The van der Waals surface area contributed by atoms with Gasteiger partial charge in [-0.2, -0.15) is 0 Å². The first kappa shape index (κ1) is 27.0. The van der Waals surface area contributed by atoms with Gasteiger partial charge < -0.3 is 20.5 Å². The molecule has 0 radical (unpaired) electrons. The monoisotopic (exact) mass is 526 g/mol. The van der Waals surface area contributed by atoms with E-state index >= 15 is 0 Å². The maximum absolute atomic E-state index is 13.2. The molecule has 4 heterocycles. The average Bonchev–Trinajstić information content (AvgIpc) is 3.36. The maximum atomic E-state index is 13.2. The number of nitrogens with one attached hydrogen (secondary N) is 3. The molecule has 36 heavy (non-hydrogen) atoms. The molecule has 1 amide bonds. The van der Waals surface area contributed by atoms with Crippen LogP contribution < -0.4 is 10.6 Å². The number of aromatic amines is 1. The van der Waals surface area contributed by atoms with Crippen LogP contribution in [-0.2, 0) is 4.79 Å². The summed E-state index contributed by atoms with van der Waals surface area (Å²) in [5.74, 6) is 0.277. The summed E-state index contributed by atoms with van der Waals surface area (Å²) in [6.45, 7) is 1.46. The number of piperidine rings is 1. The first-order valence-electron chi connectivity index (χ1n) is 11.4. The Morgan fingerprint density at radius 2 is 1.83 bits per heavy atom. The highest BCUT2D eigenvalue weighted by atomic mass is 35.5. The lowest BCUT2D eigenvalue weighted by Crippen LogP contribution is -2.44. The molecule has 10 heteroatoms. The number of halogens is 2. The molecule has 3 N–H and O–H groups in total. The number of anilines is 2. The fraction of sp³-hybridized carbons (Fsp3) is 0.231. The van der Waals surface area contributed by atoms with Gasteiger partial charge in [0.2, 0.25) is 5.91 Å². The third-order valence-electron chi connectivity index (χ3n) is 6.16. The van der Waals surface area contributed by atoms with Crippen LogP contribution in [0.3, 0.4) is 0 Å². The van der Waals surface area contributed by atoms with Crippen LogP contribution in [0.25, 0.3) is 10.9 Å². The third kappa shape index (κ3) is 6.13. The number of H-pyrrole nitrogens is 1. The van der Waals surface area contributed by atoms with Crippen LogP contribution in [0.15, 0.2) is 73.3 Å². The topological polar surface area (TPSA) is 103 Å². The number of benzene rings is 1. The van der Waals surface area contributed by atoms with Gasteiger partial charge in [0.25, 0.3) is 0 Å². The normalized spacial score (nSPS) is 13.4. The van der Waals surface area contributed by atoms with Crippen LogP contribution in [0.4, 0.5) is 11.5 Å². The van der Waals surface area contributed by atoms with Gasteiger partial charge in [-0.1, -0.05) is 12.1 Å². The predicted molar refractivity (Wildman–Crippen MR) is 146 cm³/mol. The maximum Gasteiger partial charge on any atom is 0.241 e. The number of likely N-dealkylation sites (tertiary alicyclic amines) is 1. The van der Waals surface area contributed by atoms with E-state index < -0.39 is 0 Å². The van der Waals surface area contributed by atoms with E-state index in [0.29, 0.717) is 36.1 Å². The zero-order chi connectivity index (χ0) is 23.3. The number of ketones is 1. The number of aromatic nitrogens is 3. The lowest BCUT2D eigenvalue weighted by molar-refractivity contribution is -0.130. The Balaban J connectivity index is 0.00000180. The molecule has 0 unspecified atom stereocenters. The molecule has 188 valence electrons. The molecule has 1 fully saturated rings. The molecule has 0 atom stereocenters. The molecule has 1 aliphatic rings. The molecule has 1 aromatic carbocycles. The number of nitrogens with zero attached hydrogens (tertiary/aromatic N) is 3. The minimum Gasteiger partial charge on any atom is -0.381 e. The summed E-state index contributed by atoms with van der Waals surface area (Å²) in [6.07, 6.45) is 8.76. The lowest BCUT2D eigenvalue weighted by Gasteiger charge is -2.33. The zero-order valence-electron chi connectivity index (χ0n) is 19.5. The lowest BCUT2D eigenvalue weighted by atomic mass is 10.0. The quantitative estimate of drug-likeness (QED) is 0.305. The Bertz CT molecular complexity index is 1310. The molecular weight excluding hydrogens is 499 g/mol. The van der Waals surface area contributed by atoms with E-state index in [9.17, 15) is 9.59 Å². The molecule has 0 bridgehead atoms. The zero-order valence-corrected chi connectivity index (χ0v) is 21.1. The minimum absolute atomic E-state index is 0. The molecule has 5 rings (SSSR count). The summed E-state index contributed by atoms with van der Waals surface area (Å²) < 4.78 is 0.